The Morgan fingerprint density at radius 2 is 2.32 bits per heavy atom. The van der Waals surface area contributed by atoms with Gasteiger partial charge in [0.25, 0.3) is 0 Å². The summed E-state index contributed by atoms with van der Waals surface area (Å²) in [6.45, 7) is 1.87. The van der Waals surface area contributed by atoms with E-state index in [2.05, 4.69) is 37.5 Å². The van der Waals surface area contributed by atoms with Gasteiger partial charge in [-0.3, -0.25) is 5.10 Å². The Kier molecular flexibility index (Phi) is 3.57. The quantitative estimate of drug-likeness (QED) is 0.680. The molecule has 2 aliphatic rings. The van der Waals surface area contributed by atoms with Crippen molar-refractivity contribution in [3.63, 3.8) is 0 Å². The number of halogens is 3. The number of rotatable bonds is 5. The summed E-state index contributed by atoms with van der Waals surface area (Å²) in [6, 6.07) is 0. The zero-order chi connectivity index (χ0) is 19.5. The van der Waals surface area contributed by atoms with E-state index in [-0.39, 0.29) is 22.6 Å². The van der Waals surface area contributed by atoms with E-state index in [0.29, 0.717) is 36.6 Å². The van der Waals surface area contributed by atoms with Crippen LogP contribution >= 0.6 is 0 Å². The number of hydrogen-bond donors (Lipinski definition) is 2. The summed E-state index contributed by atoms with van der Waals surface area (Å²) in [4.78, 5) is 8.57. The fraction of sp³-hybridized carbons (Fsp3) is 0.500. The van der Waals surface area contributed by atoms with Gasteiger partial charge in [-0.25, -0.2) is 4.98 Å². The van der Waals surface area contributed by atoms with Crippen molar-refractivity contribution >= 4 is 11.6 Å². The molecule has 1 aliphatic heterocycles. The molecule has 5 rings (SSSR count). The maximum atomic E-state index is 12.8. The van der Waals surface area contributed by atoms with Crippen LogP contribution in [0, 0.1) is 11.8 Å². The Labute approximate surface area is 156 Å². The zero-order valence-electron chi connectivity index (χ0n) is 14.7. The van der Waals surface area contributed by atoms with Gasteiger partial charge in [0.15, 0.2) is 12.4 Å². The lowest BCUT2D eigenvalue weighted by Gasteiger charge is -2.13. The first-order chi connectivity index (χ1) is 13.4. The molecule has 4 heterocycles. The highest BCUT2D eigenvalue weighted by molar-refractivity contribution is 5.74. The lowest BCUT2D eigenvalue weighted by molar-refractivity contribution is -0.153. The van der Waals surface area contributed by atoms with Crippen molar-refractivity contribution in [2.75, 3.05) is 25.1 Å². The molecule has 28 heavy (non-hydrogen) atoms. The molecule has 0 amide bonds. The molecular formula is C16H16F3N7O2. The maximum absolute atomic E-state index is 12.8. The summed E-state index contributed by atoms with van der Waals surface area (Å²) in [7, 11) is 0. The van der Waals surface area contributed by atoms with E-state index in [4.69, 9.17) is 9.47 Å². The minimum atomic E-state index is -4.50. The number of aromatic nitrogens is 6. The molecular weight excluding hydrogens is 379 g/mol. The second kappa shape index (κ2) is 5.80. The monoisotopic (exact) mass is 395 g/mol. The lowest BCUT2D eigenvalue weighted by atomic mass is 10.2. The summed E-state index contributed by atoms with van der Waals surface area (Å²) in [5.74, 6) is 0.971. The molecule has 2 unspecified atom stereocenters. The number of aromatic amines is 1. The lowest BCUT2D eigenvalue weighted by Crippen LogP contribution is -2.28. The fourth-order valence-electron chi connectivity index (χ4n) is 3.82. The number of nitrogens with zero attached hydrogens (tertiary/aromatic N) is 5. The van der Waals surface area contributed by atoms with Crippen LogP contribution in [0.2, 0.25) is 0 Å². The van der Waals surface area contributed by atoms with Crippen LogP contribution in [0.1, 0.15) is 6.92 Å². The van der Waals surface area contributed by atoms with E-state index in [1.807, 2.05) is 0 Å². The second-order valence-corrected chi connectivity index (χ2v) is 7.09. The Morgan fingerprint density at radius 1 is 1.46 bits per heavy atom. The molecule has 3 aromatic heterocycles. The average Bonchev–Trinajstić information content (AvgIpc) is 3.21. The normalized spacial score (nSPS) is 26.4. The van der Waals surface area contributed by atoms with Crippen molar-refractivity contribution < 1.29 is 22.6 Å². The number of anilines is 1. The van der Waals surface area contributed by atoms with Crippen molar-refractivity contribution in [2.45, 2.75) is 18.6 Å². The Balaban J connectivity index is 1.54. The highest BCUT2D eigenvalue weighted by atomic mass is 19.4. The standard InChI is InChI=1S/C16H16F3N7O2/c1-8-10-4-27-5-15(8,10)24-14-23-13-12(28-6-16(17,18)19)11(9-2-21-22-3-9)20-7-26(13)25-14/h2-3,7-8,10H,4-6H2,1H3,(H,21,22)(H,24,25)/t8-,10?,15?/m0/s1. The highest BCUT2D eigenvalue weighted by Gasteiger charge is 2.66. The van der Waals surface area contributed by atoms with Crippen LogP contribution in [0.5, 0.6) is 5.75 Å². The molecule has 2 fully saturated rings. The molecule has 1 saturated heterocycles. The molecule has 12 heteroatoms. The van der Waals surface area contributed by atoms with Crippen LogP contribution in [0.4, 0.5) is 19.1 Å². The Morgan fingerprint density at radius 3 is 3.00 bits per heavy atom. The Hall–Kier alpha value is -2.89. The van der Waals surface area contributed by atoms with E-state index in [0.717, 1.165) is 0 Å². The first-order valence-electron chi connectivity index (χ1n) is 8.67. The third-order valence-corrected chi connectivity index (χ3v) is 5.45. The van der Waals surface area contributed by atoms with E-state index in [1.54, 1.807) is 0 Å². The Bertz CT molecular complexity index is 1020. The van der Waals surface area contributed by atoms with Crippen molar-refractivity contribution in [3.8, 4) is 17.0 Å². The average molecular weight is 395 g/mol. The molecule has 1 saturated carbocycles. The number of H-pyrrole nitrogens is 1. The van der Waals surface area contributed by atoms with Gasteiger partial charge in [-0.15, -0.1) is 5.10 Å². The van der Waals surface area contributed by atoms with Crippen molar-refractivity contribution in [1.82, 2.24) is 29.8 Å². The van der Waals surface area contributed by atoms with Crippen LogP contribution in [0.25, 0.3) is 16.9 Å². The van der Waals surface area contributed by atoms with Gasteiger partial charge in [0.2, 0.25) is 11.6 Å². The van der Waals surface area contributed by atoms with Crippen LogP contribution in [-0.2, 0) is 4.74 Å². The predicted molar refractivity (Wildman–Crippen MR) is 89.7 cm³/mol. The molecule has 0 bridgehead atoms. The van der Waals surface area contributed by atoms with Gasteiger partial charge in [0.1, 0.15) is 12.0 Å². The summed E-state index contributed by atoms with van der Waals surface area (Å²) >= 11 is 0. The number of nitrogens with one attached hydrogen (secondary N) is 2. The molecule has 0 spiro atoms. The zero-order valence-corrected chi connectivity index (χ0v) is 14.7. The van der Waals surface area contributed by atoms with E-state index in [1.165, 1.54) is 23.2 Å². The molecule has 2 N–H and O–H groups in total. The number of fused-ring (bicyclic) bond motifs is 2. The largest absolute Gasteiger partial charge is 0.478 e. The molecule has 148 valence electrons. The van der Waals surface area contributed by atoms with Crippen molar-refractivity contribution in [3.05, 3.63) is 18.7 Å². The van der Waals surface area contributed by atoms with Crippen LogP contribution < -0.4 is 10.1 Å². The molecule has 3 atom stereocenters. The third kappa shape index (κ3) is 2.66. The molecule has 0 radical (unpaired) electrons. The summed E-state index contributed by atoms with van der Waals surface area (Å²) in [5, 5.41) is 14.0. The first-order valence-corrected chi connectivity index (χ1v) is 8.67. The van der Waals surface area contributed by atoms with Gasteiger partial charge in [0, 0.05) is 17.7 Å². The molecule has 1 aliphatic carbocycles. The topological polar surface area (TPSA) is 102 Å². The summed E-state index contributed by atoms with van der Waals surface area (Å²) < 4.78 is 50.1. The molecule has 0 aromatic carbocycles. The first kappa shape index (κ1) is 17.2. The fourth-order valence-corrected chi connectivity index (χ4v) is 3.82. The number of hydrogen-bond acceptors (Lipinski definition) is 7. The number of ether oxygens (including phenoxy) is 2. The maximum Gasteiger partial charge on any atom is 0.422 e. The van der Waals surface area contributed by atoms with E-state index >= 15 is 0 Å². The number of alkyl halides is 3. The minimum Gasteiger partial charge on any atom is -0.478 e. The van der Waals surface area contributed by atoms with Crippen molar-refractivity contribution in [1.29, 1.82) is 0 Å². The van der Waals surface area contributed by atoms with E-state index < -0.39 is 12.8 Å². The van der Waals surface area contributed by atoms with Gasteiger partial charge in [-0.05, 0) is 5.92 Å². The van der Waals surface area contributed by atoms with Crippen LogP contribution in [0.3, 0.4) is 0 Å². The van der Waals surface area contributed by atoms with Crippen LogP contribution in [-0.4, -0.2) is 61.3 Å². The molecule has 9 nitrogen and oxygen atoms in total. The van der Waals surface area contributed by atoms with Crippen molar-refractivity contribution in [2.24, 2.45) is 11.8 Å². The smallest absolute Gasteiger partial charge is 0.422 e. The summed E-state index contributed by atoms with van der Waals surface area (Å²) in [6.07, 6.45) is -0.161. The SMILES string of the molecule is C[C@H]1C2COCC21Nc1nc2c(OCC(F)(F)F)c(-c3cn[nH]c3)ncn2n1. The van der Waals surface area contributed by atoms with Crippen LogP contribution in [0.15, 0.2) is 18.7 Å². The highest BCUT2D eigenvalue weighted by Crippen LogP contribution is 2.56. The minimum absolute atomic E-state index is 0.109. The van der Waals surface area contributed by atoms with Gasteiger partial charge < -0.3 is 14.8 Å². The second-order valence-electron chi connectivity index (χ2n) is 7.09. The van der Waals surface area contributed by atoms with Gasteiger partial charge in [-0.1, -0.05) is 6.92 Å². The summed E-state index contributed by atoms with van der Waals surface area (Å²) in [5.41, 5.74) is 0.595. The van der Waals surface area contributed by atoms with Gasteiger partial charge in [-0.2, -0.15) is 27.8 Å². The predicted octanol–water partition coefficient (Wildman–Crippen LogP) is 1.90. The van der Waals surface area contributed by atoms with E-state index in [9.17, 15) is 13.2 Å². The third-order valence-electron chi connectivity index (χ3n) is 5.45. The molecule has 3 aromatic rings. The van der Waals surface area contributed by atoms with Gasteiger partial charge >= 0.3 is 6.18 Å². The van der Waals surface area contributed by atoms with Gasteiger partial charge in [0.05, 0.1) is 24.9 Å².